The highest BCUT2D eigenvalue weighted by Gasteiger charge is 2.35. The highest BCUT2D eigenvalue weighted by Crippen LogP contribution is 2.21. The molecular weight excluding hydrogens is 282 g/mol. The van der Waals surface area contributed by atoms with Crippen molar-refractivity contribution in [3.05, 3.63) is 35.4 Å². The van der Waals surface area contributed by atoms with E-state index in [1.54, 1.807) is 24.3 Å². The third-order valence-electron chi connectivity index (χ3n) is 4.05. The molecule has 1 fully saturated rings. The molecule has 1 heterocycles. The summed E-state index contributed by atoms with van der Waals surface area (Å²) in [5.41, 5.74) is 0.938. The molecule has 0 bridgehead atoms. The third-order valence-corrected chi connectivity index (χ3v) is 4.05. The number of imide groups is 1. The molecule has 22 heavy (non-hydrogen) atoms. The standard InChI is InChI=1S/C16H19N3O3/c1-18(10-14(20)17-11-6-7-11)8-9-19-15(21)12-4-2-3-5-13(12)16(19)22/h2-5,11H,6-10H2,1H3,(H,17,20)/p+1. The molecule has 0 saturated heterocycles. The lowest BCUT2D eigenvalue weighted by Gasteiger charge is -2.18. The Morgan fingerprint density at radius 3 is 2.36 bits per heavy atom. The fourth-order valence-electron chi connectivity index (χ4n) is 2.61. The van der Waals surface area contributed by atoms with Crippen LogP contribution < -0.4 is 10.2 Å². The van der Waals surface area contributed by atoms with Crippen LogP contribution in [0.15, 0.2) is 24.3 Å². The summed E-state index contributed by atoms with van der Waals surface area (Å²) < 4.78 is 0. The zero-order valence-electron chi connectivity index (χ0n) is 12.6. The second-order valence-electron chi connectivity index (χ2n) is 6.03. The highest BCUT2D eigenvalue weighted by atomic mass is 16.2. The van der Waals surface area contributed by atoms with E-state index in [2.05, 4.69) is 5.32 Å². The molecule has 1 aliphatic carbocycles. The van der Waals surface area contributed by atoms with Crippen molar-refractivity contribution >= 4 is 17.7 Å². The minimum atomic E-state index is -0.240. The van der Waals surface area contributed by atoms with Crippen LogP contribution in [-0.4, -0.2) is 55.3 Å². The maximum Gasteiger partial charge on any atom is 0.275 e. The Morgan fingerprint density at radius 2 is 1.82 bits per heavy atom. The SMILES string of the molecule is C[NH+](CCN1C(=O)c2ccccc2C1=O)CC(=O)NC1CC1. The fourth-order valence-corrected chi connectivity index (χ4v) is 2.61. The van der Waals surface area contributed by atoms with E-state index < -0.39 is 0 Å². The Balaban J connectivity index is 1.52. The normalized spacial score (nSPS) is 18.3. The maximum absolute atomic E-state index is 12.2. The van der Waals surface area contributed by atoms with Crippen LogP contribution in [0, 0.1) is 0 Å². The summed E-state index contributed by atoms with van der Waals surface area (Å²) in [5.74, 6) is -0.450. The van der Waals surface area contributed by atoms with Crippen molar-refractivity contribution in [1.82, 2.24) is 10.2 Å². The molecule has 1 atom stereocenters. The van der Waals surface area contributed by atoms with Gasteiger partial charge >= 0.3 is 0 Å². The summed E-state index contributed by atoms with van der Waals surface area (Å²) in [6.45, 7) is 1.25. The predicted molar refractivity (Wildman–Crippen MR) is 79.6 cm³/mol. The Morgan fingerprint density at radius 1 is 1.23 bits per heavy atom. The van der Waals surface area contributed by atoms with Crippen LogP contribution in [0.1, 0.15) is 33.6 Å². The smallest absolute Gasteiger partial charge is 0.275 e. The van der Waals surface area contributed by atoms with Crippen molar-refractivity contribution in [1.29, 1.82) is 0 Å². The van der Waals surface area contributed by atoms with Crippen molar-refractivity contribution in [2.24, 2.45) is 0 Å². The third kappa shape index (κ3) is 3.01. The van der Waals surface area contributed by atoms with Crippen LogP contribution in [0.4, 0.5) is 0 Å². The van der Waals surface area contributed by atoms with Gasteiger partial charge in [0.05, 0.1) is 31.3 Å². The number of nitrogens with one attached hydrogen (secondary N) is 2. The van der Waals surface area contributed by atoms with E-state index in [4.69, 9.17) is 0 Å². The quantitative estimate of drug-likeness (QED) is 0.668. The monoisotopic (exact) mass is 302 g/mol. The first-order chi connectivity index (χ1) is 10.6. The molecule has 1 aromatic carbocycles. The second-order valence-corrected chi connectivity index (χ2v) is 6.03. The van der Waals surface area contributed by atoms with E-state index in [9.17, 15) is 14.4 Å². The van der Waals surface area contributed by atoms with Gasteiger partial charge in [0.2, 0.25) is 0 Å². The number of benzene rings is 1. The number of amides is 3. The number of carbonyl (C=O) groups is 3. The van der Waals surface area contributed by atoms with Crippen molar-refractivity contribution in [2.75, 3.05) is 26.7 Å². The topological polar surface area (TPSA) is 70.9 Å². The molecule has 0 radical (unpaired) electrons. The van der Waals surface area contributed by atoms with Crippen molar-refractivity contribution < 1.29 is 19.3 Å². The molecule has 6 heteroatoms. The molecule has 1 saturated carbocycles. The molecule has 0 spiro atoms. The summed E-state index contributed by atoms with van der Waals surface area (Å²) in [7, 11) is 1.89. The van der Waals surface area contributed by atoms with Crippen LogP contribution in [0.2, 0.25) is 0 Å². The average molecular weight is 302 g/mol. The first-order valence-corrected chi connectivity index (χ1v) is 7.62. The molecular formula is C16H20N3O3+. The van der Waals surface area contributed by atoms with Crippen LogP contribution in [0.3, 0.4) is 0 Å². The van der Waals surface area contributed by atoms with Crippen molar-refractivity contribution in [2.45, 2.75) is 18.9 Å². The molecule has 2 aliphatic rings. The lowest BCUT2D eigenvalue weighted by atomic mass is 10.1. The molecule has 2 N–H and O–H groups in total. The zero-order valence-corrected chi connectivity index (χ0v) is 12.6. The molecule has 0 aromatic heterocycles. The number of fused-ring (bicyclic) bond motifs is 1. The molecule has 3 rings (SSSR count). The van der Waals surface area contributed by atoms with Gasteiger partial charge in [0.15, 0.2) is 6.54 Å². The van der Waals surface area contributed by atoms with Gasteiger partial charge in [-0.2, -0.15) is 0 Å². The lowest BCUT2D eigenvalue weighted by Crippen LogP contribution is -3.11. The first-order valence-electron chi connectivity index (χ1n) is 7.62. The number of carbonyl (C=O) groups excluding carboxylic acids is 3. The minimum Gasteiger partial charge on any atom is -0.348 e. The Labute approximate surface area is 129 Å². The van der Waals surface area contributed by atoms with Gasteiger partial charge in [-0.15, -0.1) is 0 Å². The Hall–Kier alpha value is -2.21. The number of hydrogen-bond donors (Lipinski definition) is 2. The molecule has 116 valence electrons. The summed E-state index contributed by atoms with van der Waals surface area (Å²) >= 11 is 0. The van der Waals surface area contributed by atoms with Crippen molar-refractivity contribution in [3.63, 3.8) is 0 Å². The van der Waals surface area contributed by atoms with E-state index >= 15 is 0 Å². The average Bonchev–Trinajstić information content (AvgIpc) is 3.26. The fraction of sp³-hybridized carbons (Fsp3) is 0.438. The minimum absolute atomic E-state index is 0.0300. The number of nitrogens with zero attached hydrogens (tertiary/aromatic N) is 1. The van der Waals surface area contributed by atoms with E-state index in [1.807, 2.05) is 7.05 Å². The maximum atomic E-state index is 12.2. The van der Waals surface area contributed by atoms with Crippen LogP contribution in [0.25, 0.3) is 0 Å². The Kier molecular flexibility index (Phi) is 3.94. The zero-order chi connectivity index (χ0) is 15.7. The number of hydrogen-bond acceptors (Lipinski definition) is 3. The van der Waals surface area contributed by atoms with Crippen LogP contribution in [0.5, 0.6) is 0 Å². The first kappa shape index (κ1) is 14.7. The Bertz CT molecular complexity index is 590. The van der Waals surface area contributed by atoms with Gasteiger partial charge in [-0.1, -0.05) is 12.1 Å². The van der Waals surface area contributed by atoms with Gasteiger partial charge in [0.1, 0.15) is 0 Å². The summed E-state index contributed by atoms with van der Waals surface area (Å²) in [6, 6.07) is 7.22. The van der Waals surface area contributed by atoms with E-state index in [1.165, 1.54) is 4.90 Å². The summed E-state index contributed by atoms with van der Waals surface area (Å²) in [4.78, 5) is 38.4. The van der Waals surface area contributed by atoms with Crippen LogP contribution in [-0.2, 0) is 4.79 Å². The second kappa shape index (κ2) is 5.88. The van der Waals surface area contributed by atoms with E-state index in [-0.39, 0.29) is 17.7 Å². The largest absolute Gasteiger partial charge is 0.348 e. The van der Waals surface area contributed by atoms with Gasteiger partial charge in [0, 0.05) is 6.04 Å². The van der Waals surface area contributed by atoms with Gasteiger partial charge in [-0.05, 0) is 25.0 Å². The van der Waals surface area contributed by atoms with Crippen LogP contribution >= 0.6 is 0 Å². The molecule has 1 aliphatic heterocycles. The van der Waals surface area contributed by atoms with E-state index in [0.29, 0.717) is 36.8 Å². The lowest BCUT2D eigenvalue weighted by molar-refractivity contribution is -0.870. The number of rotatable bonds is 6. The van der Waals surface area contributed by atoms with Crippen molar-refractivity contribution in [3.8, 4) is 0 Å². The summed E-state index contributed by atoms with van der Waals surface area (Å²) in [5, 5.41) is 2.94. The molecule has 1 aromatic rings. The van der Waals surface area contributed by atoms with Gasteiger partial charge < -0.3 is 10.2 Å². The van der Waals surface area contributed by atoms with E-state index in [0.717, 1.165) is 17.7 Å². The predicted octanol–water partition coefficient (Wildman–Crippen LogP) is -0.924. The highest BCUT2D eigenvalue weighted by molar-refractivity contribution is 6.21. The molecule has 3 amide bonds. The van der Waals surface area contributed by atoms with Gasteiger partial charge in [0.25, 0.3) is 17.7 Å². The summed E-state index contributed by atoms with van der Waals surface area (Å²) in [6.07, 6.45) is 2.14. The van der Waals surface area contributed by atoms with Gasteiger partial charge in [-0.25, -0.2) is 0 Å². The number of quaternary nitrogens is 1. The molecule has 1 unspecified atom stereocenters. The molecule has 6 nitrogen and oxygen atoms in total. The van der Waals surface area contributed by atoms with Gasteiger partial charge in [-0.3, -0.25) is 19.3 Å². The number of likely N-dealkylation sites (N-methyl/N-ethyl adjacent to an activating group) is 1.